The van der Waals surface area contributed by atoms with Crippen LogP contribution in [0, 0.1) is 5.92 Å². The first-order valence-electron chi connectivity index (χ1n) is 8.37. The van der Waals surface area contributed by atoms with Crippen molar-refractivity contribution in [3.63, 3.8) is 0 Å². The molecule has 3 heteroatoms. The Morgan fingerprint density at radius 3 is 2.62 bits per heavy atom. The molecule has 1 atom stereocenters. The van der Waals surface area contributed by atoms with Crippen molar-refractivity contribution in [2.24, 2.45) is 5.92 Å². The van der Waals surface area contributed by atoms with E-state index >= 15 is 0 Å². The lowest BCUT2D eigenvalue weighted by Crippen LogP contribution is -2.31. The van der Waals surface area contributed by atoms with Crippen molar-refractivity contribution < 1.29 is 4.74 Å². The number of hydrogen-bond acceptors (Lipinski definition) is 3. The Labute approximate surface area is 129 Å². The number of para-hydroxylation sites is 1. The lowest BCUT2D eigenvalue weighted by atomic mass is 9.97. The highest BCUT2D eigenvalue weighted by atomic mass is 16.5. The van der Waals surface area contributed by atoms with Crippen LogP contribution < -0.4 is 10.2 Å². The van der Waals surface area contributed by atoms with E-state index in [0.29, 0.717) is 6.04 Å². The van der Waals surface area contributed by atoms with Crippen molar-refractivity contribution in [3.8, 4) is 0 Å². The predicted octanol–water partition coefficient (Wildman–Crippen LogP) is 3.61. The topological polar surface area (TPSA) is 24.5 Å². The van der Waals surface area contributed by atoms with Gasteiger partial charge in [0.15, 0.2) is 0 Å². The molecule has 0 aliphatic carbocycles. The summed E-state index contributed by atoms with van der Waals surface area (Å²) < 4.78 is 5.47. The molecule has 0 spiro atoms. The molecule has 0 aromatic heterocycles. The predicted molar refractivity (Wildman–Crippen MR) is 90.0 cm³/mol. The molecule has 0 bridgehead atoms. The van der Waals surface area contributed by atoms with E-state index in [1.165, 1.54) is 24.1 Å². The fraction of sp³-hybridized carbons (Fsp3) is 0.667. The molecule has 1 saturated heterocycles. The molecule has 0 amide bonds. The molecule has 118 valence electrons. The quantitative estimate of drug-likeness (QED) is 0.830. The highest BCUT2D eigenvalue weighted by Gasteiger charge is 2.19. The Balaban J connectivity index is 2.10. The van der Waals surface area contributed by atoms with Crippen LogP contribution in [0.4, 0.5) is 5.69 Å². The van der Waals surface area contributed by atoms with E-state index in [0.717, 1.165) is 38.6 Å². The molecule has 1 aromatic carbocycles. The minimum atomic E-state index is 0.448. The first-order chi connectivity index (χ1) is 10.3. The smallest absolute Gasteiger partial charge is 0.0469 e. The summed E-state index contributed by atoms with van der Waals surface area (Å²) in [7, 11) is 2.23. The SMILES string of the molecule is CCNC(CC)c1ccccc1N(C)CC1CCOCC1. The lowest BCUT2D eigenvalue weighted by molar-refractivity contribution is 0.0685. The maximum absolute atomic E-state index is 5.47. The molecule has 1 aromatic rings. The molecule has 1 fully saturated rings. The van der Waals surface area contributed by atoms with Gasteiger partial charge in [-0.25, -0.2) is 0 Å². The van der Waals surface area contributed by atoms with E-state index in [2.05, 4.69) is 55.4 Å². The zero-order chi connectivity index (χ0) is 15.1. The molecular formula is C18H30N2O. The van der Waals surface area contributed by atoms with Crippen molar-refractivity contribution >= 4 is 5.69 Å². The Hall–Kier alpha value is -1.06. The van der Waals surface area contributed by atoms with Crippen molar-refractivity contribution in [3.05, 3.63) is 29.8 Å². The summed E-state index contributed by atoms with van der Waals surface area (Å²) in [5, 5.41) is 3.60. The third-order valence-corrected chi connectivity index (χ3v) is 4.46. The second kappa shape index (κ2) is 8.40. The van der Waals surface area contributed by atoms with Gasteiger partial charge in [0.2, 0.25) is 0 Å². The molecule has 2 rings (SSSR count). The third-order valence-electron chi connectivity index (χ3n) is 4.46. The minimum Gasteiger partial charge on any atom is -0.381 e. The average molecular weight is 290 g/mol. The molecule has 1 aliphatic rings. The fourth-order valence-electron chi connectivity index (χ4n) is 3.27. The summed E-state index contributed by atoms with van der Waals surface area (Å²) in [4.78, 5) is 2.44. The molecule has 0 saturated carbocycles. The van der Waals surface area contributed by atoms with Gasteiger partial charge < -0.3 is 15.0 Å². The fourth-order valence-corrected chi connectivity index (χ4v) is 3.27. The van der Waals surface area contributed by atoms with E-state index < -0.39 is 0 Å². The molecule has 1 N–H and O–H groups in total. The average Bonchev–Trinajstić information content (AvgIpc) is 2.53. The molecular weight excluding hydrogens is 260 g/mol. The number of rotatable bonds is 7. The monoisotopic (exact) mass is 290 g/mol. The van der Waals surface area contributed by atoms with Gasteiger partial charge in [0.05, 0.1) is 0 Å². The zero-order valence-electron chi connectivity index (χ0n) is 13.8. The maximum Gasteiger partial charge on any atom is 0.0469 e. The highest BCUT2D eigenvalue weighted by Crippen LogP contribution is 2.29. The van der Waals surface area contributed by atoms with Gasteiger partial charge >= 0.3 is 0 Å². The molecule has 1 aliphatic heterocycles. The van der Waals surface area contributed by atoms with Gasteiger partial charge in [-0.15, -0.1) is 0 Å². The summed E-state index contributed by atoms with van der Waals surface area (Å²) >= 11 is 0. The van der Waals surface area contributed by atoms with Gasteiger partial charge in [0.1, 0.15) is 0 Å². The summed E-state index contributed by atoms with van der Waals surface area (Å²) in [6.45, 7) is 8.42. The molecule has 0 radical (unpaired) electrons. The van der Waals surface area contributed by atoms with E-state index in [1.807, 2.05) is 0 Å². The van der Waals surface area contributed by atoms with E-state index in [4.69, 9.17) is 4.74 Å². The van der Waals surface area contributed by atoms with Crippen LogP contribution in [0.1, 0.15) is 44.7 Å². The minimum absolute atomic E-state index is 0.448. The van der Waals surface area contributed by atoms with Gasteiger partial charge in [-0.1, -0.05) is 32.0 Å². The van der Waals surface area contributed by atoms with Crippen LogP contribution in [-0.2, 0) is 4.74 Å². The second-order valence-corrected chi connectivity index (χ2v) is 6.01. The van der Waals surface area contributed by atoms with E-state index in [-0.39, 0.29) is 0 Å². The normalized spacial score (nSPS) is 17.7. The Kier molecular flexibility index (Phi) is 6.52. The number of nitrogens with zero attached hydrogens (tertiary/aromatic N) is 1. The van der Waals surface area contributed by atoms with Crippen LogP contribution >= 0.6 is 0 Å². The van der Waals surface area contributed by atoms with Crippen LogP contribution in [0.25, 0.3) is 0 Å². The Bertz CT molecular complexity index is 415. The van der Waals surface area contributed by atoms with Crippen molar-refractivity contribution in [2.45, 2.75) is 39.2 Å². The van der Waals surface area contributed by atoms with Crippen molar-refractivity contribution in [1.29, 1.82) is 0 Å². The summed E-state index contributed by atoms with van der Waals surface area (Å²) in [5.74, 6) is 0.760. The van der Waals surface area contributed by atoms with Gasteiger partial charge in [-0.05, 0) is 43.4 Å². The van der Waals surface area contributed by atoms with Gasteiger partial charge in [0, 0.05) is 38.5 Å². The first-order valence-corrected chi connectivity index (χ1v) is 8.37. The van der Waals surface area contributed by atoms with Crippen molar-refractivity contribution in [1.82, 2.24) is 5.32 Å². The van der Waals surface area contributed by atoms with Crippen LogP contribution in [0.2, 0.25) is 0 Å². The van der Waals surface area contributed by atoms with Gasteiger partial charge in [-0.2, -0.15) is 0 Å². The Morgan fingerprint density at radius 2 is 1.95 bits per heavy atom. The number of anilines is 1. The van der Waals surface area contributed by atoms with Crippen LogP contribution in [0.5, 0.6) is 0 Å². The standard InChI is InChI=1S/C18H30N2O/c1-4-17(19-5-2)16-8-6-7-9-18(16)20(3)14-15-10-12-21-13-11-15/h6-9,15,17,19H,4-5,10-14H2,1-3H3. The van der Waals surface area contributed by atoms with Crippen molar-refractivity contribution in [2.75, 3.05) is 38.3 Å². The molecule has 1 heterocycles. The van der Waals surface area contributed by atoms with Crippen LogP contribution in [0.15, 0.2) is 24.3 Å². The second-order valence-electron chi connectivity index (χ2n) is 6.01. The number of benzene rings is 1. The Morgan fingerprint density at radius 1 is 1.24 bits per heavy atom. The molecule has 21 heavy (non-hydrogen) atoms. The zero-order valence-corrected chi connectivity index (χ0v) is 13.8. The number of hydrogen-bond donors (Lipinski definition) is 1. The summed E-state index contributed by atoms with van der Waals surface area (Å²) in [6, 6.07) is 9.28. The largest absolute Gasteiger partial charge is 0.381 e. The van der Waals surface area contributed by atoms with Gasteiger partial charge in [0.25, 0.3) is 0 Å². The van der Waals surface area contributed by atoms with E-state index in [9.17, 15) is 0 Å². The lowest BCUT2D eigenvalue weighted by Gasteiger charge is -2.31. The van der Waals surface area contributed by atoms with Crippen LogP contribution in [0.3, 0.4) is 0 Å². The number of ether oxygens (including phenoxy) is 1. The summed E-state index contributed by atoms with van der Waals surface area (Å²) in [6.07, 6.45) is 3.50. The van der Waals surface area contributed by atoms with Crippen LogP contribution in [-0.4, -0.2) is 33.4 Å². The third kappa shape index (κ3) is 4.45. The summed E-state index contributed by atoms with van der Waals surface area (Å²) in [5.41, 5.74) is 2.80. The molecule has 3 nitrogen and oxygen atoms in total. The maximum atomic E-state index is 5.47. The van der Waals surface area contributed by atoms with Gasteiger partial charge in [-0.3, -0.25) is 0 Å². The number of nitrogens with one attached hydrogen (secondary N) is 1. The highest BCUT2D eigenvalue weighted by molar-refractivity contribution is 5.54. The van der Waals surface area contributed by atoms with E-state index in [1.54, 1.807) is 0 Å². The molecule has 1 unspecified atom stereocenters. The first kappa shape index (κ1) is 16.3.